The molecule has 1 amide bonds. The van der Waals surface area contributed by atoms with Crippen LogP contribution in [0.4, 0.5) is 0 Å². The summed E-state index contributed by atoms with van der Waals surface area (Å²) >= 11 is 0. The van der Waals surface area contributed by atoms with Crippen LogP contribution in [0.25, 0.3) is 5.76 Å². The second-order valence-corrected chi connectivity index (χ2v) is 8.44. The van der Waals surface area contributed by atoms with Gasteiger partial charge in [0.1, 0.15) is 11.5 Å². The van der Waals surface area contributed by atoms with Crippen molar-refractivity contribution in [2.75, 3.05) is 46.5 Å². The summed E-state index contributed by atoms with van der Waals surface area (Å²) < 4.78 is 10.7. The molecule has 2 aromatic rings. The van der Waals surface area contributed by atoms with Crippen LogP contribution in [0.3, 0.4) is 0 Å². The first kappa shape index (κ1) is 23.0. The predicted molar refractivity (Wildman–Crippen MR) is 125 cm³/mol. The van der Waals surface area contributed by atoms with E-state index in [1.807, 2.05) is 31.2 Å². The number of carbonyl (C=O) groups excluding carboxylic acids is 2. The molecule has 1 atom stereocenters. The highest BCUT2D eigenvalue weighted by Gasteiger charge is 2.45. The summed E-state index contributed by atoms with van der Waals surface area (Å²) in [5, 5.41) is 11.1. The number of ether oxygens (including phenoxy) is 2. The lowest BCUT2D eigenvalue weighted by molar-refractivity contribution is -0.140. The summed E-state index contributed by atoms with van der Waals surface area (Å²) in [4.78, 5) is 30.1. The molecule has 2 saturated heterocycles. The first-order valence-electron chi connectivity index (χ1n) is 11.3. The van der Waals surface area contributed by atoms with Crippen LogP contribution in [-0.2, 0) is 14.3 Å². The number of aryl methyl sites for hydroxylation is 1. The van der Waals surface area contributed by atoms with E-state index in [9.17, 15) is 14.7 Å². The SMILES string of the molecule is COc1ccc([C@@H]2/C(=C(\O)c3ccc(C)cc3)C(=O)C(=O)N2CCCN2CCOCC2)cc1. The summed E-state index contributed by atoms with van der Waals surface area (Å²) in [6.07, 6.45) is 0.726. The van der Waals surface area contributed by atoms with E-state index in [0.717, 1.165) is 37.2 Å². The molecule has 2 aromatic carbocycles. The minimum atomic E-state index is -0.653. The minimum Gasteiger partial charge on any atom is -0.507 e. The number of ketones is 1. The van der Waals surface area contributed by atoms with Gasteiger partial charge in [0, 0.05) is 31.7 Å². The quantitative estimate of drug-likeness (QED) is 0.397. The molecule has 33 heavy (non-hydrogen) atoms. The van der Waals surface area contributed by atoms with Gasteiger partial charge in [-0.25, -0.2) is 0 Å². The molecule has 2 fully saturated rings. The number of aliphatic hydroxyl groups is 1. The summed E-state index contributed by atoms with van der Waals surface area (Å²) in [6.45, 7) is 6.36. The Morgan fingerprint density at radius 2 is 1.70 bits per heavy atom. The van der Waals surface area contributed by atoms with Gasteiger partial charge in [-0.1, -0.05) is 42.0 Å². The molecule has 2 aliphatic heterocycles. The summed E-state index contributed by atoms with van der Waals surface area (Å²) in [7, 11) is 1.59. The Balaban J connectivity index is 1.66. The van der Waals surface area contributed by atoms with E-state index in [1.54, 1.807) is 36.3 Å². The van der Waals surface area contributed by atoms with Crippen LogP contribution in [0.1, 0.15) is 29.2 Å². The van der Waals surface area contributed by atoms with E-state index in [4.69, 9.17) is 9.47 Å². The number of hydrogen-bond acceptors (Lipinski definition) is 6. The molecule has 0 aliphatic carbocycles. The van der Waals surface area contributed by atoms with Crippen molar-refractivity contribution in [3.8, 4) is 5.75 Å². The molecular weight excluding hydrogens is 420 g/mol. The third-order valence-electron chi connectivity index (χ3n) is 6.27. The van der Waals surface area contributed by atoms with Crippen LogP contribution >= 0.6 is 0 Å². The standard InChI is InChI=1S/C26H30N2O5/c1-18-4-6-20(7-5-18)24(29)22-23(19-8-10-21(32-2)11-9-19)28(26(31)25(22)30)13-3-12-27-14-16-33-17-15-27/h4-11,23,29H,3,12-17H2,1-2H3/b24-22+/t23-/m1/s1. The van der Waals surface area contributed by atoms with Crippen molar-refractivity contribution in [2.24, 2.45) is 0 Å². The van der Waals surface area contributed by atoms with Crippen LogP contribution < -0.4 is 4.74 Å². The molecule has 0 radical (unpaired) electrons. The van der Waals surface area contributed by atoms with Gasteiger partial charge >= 0.3 is 0 Å². The lowest BCUT2D eigenvalue weighted by Crippen LogP contribution is -2.38. The summed E-state index contributed by atoms with van der Waals surface area (Å²) in [5.41, 5.74) is 2.45. The van der Waals surface area contributed by atoms with Crippen LogP contribution in [0, 0.1) is 6.92 Å². The molecular formula is C26H30N2O5. The largest absolute Gasteiger partial charge is 0.507 e. The van der Waals surface area contributed by atoms with Gasteiger partial charge in [0.25, 0.3) is 11.7 Å². The maximum Gasteiger partial charge on any atom is 0.295 e. The minimum absolute atomic E-state index is 0.125. The number of hydrogen-bond donors (Lipinski definition) is 1. The lowest BCUT2D eigenvalue weighted by Gasteiger charge is -2.29. The molecule has 0 bridgehead atoms. The molecule has 7 heteroatoms. The number of Topliss-reactive ketones (excluding diaryl/α,β-unsaturated/α-hetero) is 1. The van der Waals surface area contributed by atoms with E-state index in [1.165, 1.54) is 0 Å². The van der Waals surface area contributed by atoms with Crippen molar-refractivity contribution in [3.05, 3.63) is 70.8 Å². The number of methoxy groups -OCH3 is 1. The Labute approximate surface area is 194 Å². The van der Waals surface area contributed by atoms with Crippen molar-refractivity contribution < 1.29 is 24.2 Å². The molecule has 2 heterocycles. The zero-order valence-electron chi connectivity index (χ0n) is 19.1. The third-order valence-corrected chi connectivity index (χ3v) is 6.27. The van der Waals surface area contributed by atoms with E-state index in [-0.39, 0.29) is 11.3 Å². The monoisotopic (exact) mass is 450 g/mol. The first-order valence-corrected chi connectivity index (χ1v) is 11.3. The average molecular weight is 451 g/mol. The number of carbonyl (C=O) groups is 2. The molecule has 174 valence electrons. The van der Waals surface area contributed by atoms with E-state index < -0.39 is 17.7 Å². The van der Waals surface area contributed by atoms with Gasteiger partial charge in [0.2, 0.25) is 0 Å². The fraction of sp³-hybridized carbons (Fsp3) is 0.385. The van der Waals surface area contributed by atoms with Crippen molar-refractivity contribution in [2.45, 2.75) is 19.4 Å². The molecule has 0 aromatic heterocycles. The van der Waals surface area contributed by atoms with Crippen LogP contribution in [0.5, 0.6) is 5.75 Å². The fourth-order valence-electron chi connectivity index (χ4n) is 4.40. The van der Waals surface area contributed by atoms with Crippen molar-refractivity contribution >= 4 is 17.4 Å². The molecule has 2 aliphatic rings. The zero-order valence-corrected chi connectivity index (χ0v) is 19.1. The highest BCUT2D eigenvalue weighted by atomic mass is 16.5. The summed E-state index contributed by atoms with van der Waals surface area (Å²) in [5.74, 6) is -0.696. The highest BCUT2D eigenvalue weighted by molar-refractivity contribution is 6.46. The maximum atomic E-state index is 13.1. The number of rotatable bonds is 7. The Morgan fingerprint density at radius 3 is 2.33 bits per heavy atom. The molecule has 4 rings (SSSR count). The second-order valence-electron chi connectivity index (χ2n) is 8.44. The first-order chi connectivity index (χ1) is 16.0. The van der Waals surface area contributed by atoms with Crippen LogP contribution in [0.2, 0.25) is 0 Å². The smallest absolute Gasteiger partial charge is 0.295 e. The number of aliphatic hydroxyl groups excluding tert-OH is 1. The molecule has 0 saturated carbocycles. The predicted octanol–water partition coefficient (Wildman–Crippen LogP) is 3.15. The molecule has 1 N–H and O–H groups in total. The molecule has 0 unspecified atom stereocenters. The number of nitrogens with zero attached hydrogens (tertiary/aromatic N) is 2. The van der Waals surface area contributed by atoms with Gasteiger partial charge in [-0.15, -0.1) is 0 Å². The summed E-state index contributed by atoms with van der Waals surface area (Å²) in [6, 6.07) is 13.9. The van der Waals surface area contributed by atoms with E-state index in [2.05, 4.69) is 4.90 Å². The van der Waals surface area contributed by atoms with E-state index >= 15 is 0 Å². The number of benzene rings is 2. The number of morpholine rings is 1. The lowest BCUT2D eigenvalue weighted by atomic mass is 9.95. The van der Waals surface area contributed by atoms with E-state index in [0.29, 0.717) is 31.1 Å². The Hall–Kier alpha value is -3.16. The van der Waals surface area contributed by atoms with Crippen LogP contribution in [-0.4, -0.2) is 73.1 Å². The van der Waals surface area contributed by atoms with Crippen molar-refractivity contribution in [1.29, 1.82) is 0 Å². The van der Waals surface area contributed by atoms with Gasteiger partial charge in [-0.05, 0) is 31.0 Å². The maximum absolute atomic E-state index is 13.1. The van der Waals surface area contributed by atoms with Gasteiger partial charge in [0.05, 0.1) is 31.9 Å². The number of likely N-dealkylation sites (tertiary alicyclic amines) is 1. The molecule has 7 nitrogen and oxygen atoms in total. The average Bonchev–Trinajstić information content (AvgIpc) is 3.10. The highest BCUT2D eigenvalue weighted by Crippen LogP contribution is 2.39. The Morgan fingerprint density at radius 1 is 1.03 bits per heavy atom. The number of amides is 1. The van der Waals surface area contributed by atoms with Gasteiger partial charge in [-0.2, -0.15) is 0 Å². The molecule has 0 spiro atoms. The van der Waals surface area contributed by atoms with Gasteiger partial charge in [0.15, 0.2) is 0 Å². The third kappa shape index (κ3) is 4.94. The second kappa shape index (κ2) is 10.2. The van der Waals surface area contributed by atoms with Gasteiger partial charge < -0.3 is 19.5 Å². The van der Waals surface area contributed by atoms with Crippen molar-refractivity contribution in [3.63, 3.8) is 0 Å². The topological polar surface area (TPSA) is 79.3 Å². The van der Waals surface area contributed by atoms with Gasteiger partial charge in [-0.3, -0.25) is 14.5 Å². The van der Waals surface area contributed by atoms with Crippen molar-refractivity contribution in [1.82, 2.24) is 9.80 Å². The fourth-order valence-corrected chi connectivity index (χ4v) is 4.40. The zero-order chi connectivity index (χ0) is 23.4. The Kier molecular flexibility index (Phi) is 7.11. The Bertz CT molecular complexity index is 1020. The normalized spacial score (nSPS) is 20.9. The van der Waals surface area contributed by atoms with Crippen LogP contribution in [0.15, 0.2) is 54.1 Å².